The zero-order valence-corrected chi connectivity index (χ0v) is 13.2. The zero-order chi connectivity index (χ0) is 15.2. The zero-order valence-electron chi connectivity index (χ0n) is 13.2. The molecule has 0 aromatic heterocycles. The van der Waals surface area contributed by atoms with Gasteiger partial charge in [-0.3, -0.25) is 4.79 Å². The van der Waals surface area contributed by atoms with Crippen LogP contribution in [-0.2, 0) is 4.79 Å². The van der Waals surface area contributed by atoms with Gasteiger partial charge in [-0.05, 0) is 50.3 Å². The van der Waals surface area contributed by atoms with Crippen molar-refractivity contribution in [1.82, 2.24) is 10.6 Å². The van der Waals surface area contributed by atoms with Crippen LogP contribution in [-0.4, -0.2) is 31.6 Å². The van der Waals surface area contributed by atoms with E-state index in [2.05, 4.69) is 22.8 Å². The normalized spacial score (nSPS) is 21.0. The van der Waals surface area contributed by atoms with E-state index in [0.717, 1.165) is 25.1 Å². The minimum atomic E-state index is 0.126. The van der Waals surface area contributed by atoms with Crippen molar-refractivity contribution in [2.75, 3.05) is 13.7 Å². The second-order valence-electron chi connectivity index (χ2n) is 6.07. The molecule has 1 aromatic rings. The van der Waals surface area contributed by atoms with Gasteiger partial charge in [0.2, 0.25) is 5.91 Å². The molecule has 0 atom stereocenters. The minimum absolute atomic E-state index is 0.126. The van der Waals surface area contributed by atoms with E-state index in [1.165, 1.54) is 5.56 Å². The Morgan fingerprint density at radius 3 is 2.81 bits per heavy atom. The first-order valence-corrected chi connectivity index (χ1v) is 7.75. The van der Waals surface area contributed by atoms with E-state index in [4.69, 9.17) is 4.74 Å². The predicted octanol–water partition coefficient (Wildman–Crippen LogP) is 2.45. The van der Waals surface area contributed by atoms with Crippen LogP contribution in [0.4, 0.5) is 0 Å². The van der Waals surface area contributed by atoms with Crippen LogP contribution in [0.25, 0.3) is 0 Å². The van der Waals surface area contributed by atoms with Crippen molar-refractivity contribution < 1.29 is 9.53 Å². The van der Waals surface area contributed by atoms with Crippen molar-refractivity contribution in [2.24, 2.45) is 0 Å². The maximum atomic E-state index is 11.5. The minimum Gasteiger partial charge on any atom is -0.497 e. The van der Waals surface area contributed by atoms with Crippen LogP contribution in [0.5, 0.6) is 5.75 Å². The third-order valence-electron chi connectivity index (χ3n) is 3.94. The number of ether oxygens (including phenoxy) is 1. The van der Waals surface area contributed by atoms with Crippen LogP contribution in [0.15, 0.2) is 24.3 Å². The number of rotatable bonds is 7. The fourth-order valence-corrected chi connectivity index (χ4v) is 2.74. The molecule has 4 nitrogen and oxygen atoms in total. The van der Waals surface area contributed by atoms with Crippen molar-refractivity contribution in [3.05, 3.63) is 29.8 Å². The van der Waals surface area contributed by atoms with Crippen LogP contribution in [0.1, 0.15) is 44.6 Å². The average Bonchev–Trinajstić information content (AvgIpc) is 2.40. The number of hydrogen-bond acceptors (Lipinski definition) is 3. The molecule has 1 saturated carbocycles. The molecule has 0 aliphatic heterocycles. The lowest BCUT2D eigenvalue weighted by atomic mass is 9.76. The van der Waals surface area contributed by atoms with Gasteiger partial charge in [0.1, 0.15) is 5.75 Å². The summed E-state index contributed by atoms with van der Waals surface area (Å²) in [5, 5.41) is 6.37. The smallest absolute Gasteiger partial charge is 0.221 e. The molecule has 2 N–H and O–H groups in total. The molecular formula is C17H26N2O2. The van der Waals surface area contributed by atoms with Crippen LogP contribution < -0.4 is 15.4 Å². The maximum Gasteiger partial charge on any atom is 0.221 e. The summed E-state index contributed by atoms with van der Waals surface area (Å²) in [6, 6.07) is 9.07. The number of methoxy groups -OCH3 is 1. The summed E-state index contributed by atoms with van der Waals surface area (Å²) in [7, 11) is 1.70. The Kier molecular flexibility index (Phi) is 5.62. The highest BCUT2D eigenvalue weighted by Crippen LogP contribution is 2.37. The lowest BCUT2D eigenvalue weighted by Gasteiger charge is -2.36. The Morgan fingerprint density at radius 2 is 2.14 bits per heavy atom. The van der Waals surface area contributed by atoms with Gasteiger partial charge in [-0.25, -0.2) is 0 Å². The molecule has 1 aliphatic rings. The SMILES string of the molecule is COc1cccc(C2CC(NCCC(=O)NC(C)C)C2)c1. The molecule has 1 aliphatic carbocycles. The highest BCUT2D eigenvalue weighted by molar-refractivity contribution is 5.76. The van der Waals surface area contributed by atoms with Crippen LogP contribution in [0, 0.1) is 0 Å². The van der Waals surface area contributed by atoms with E-state index in [0.29, 0.717) is 18.4 Å². The van der Waals surface area contributed by atoms with E-state index in [-0.39, 0.29) is 11.9 Å². The quantitative estimate of drug-likeness (QED) is 0.811. The van der Waals surface area contributed by atoms with Crippen LogP contribution in [0.3, 0.4) is 0 Å². The number of hydrogen-bond donors (Lipinski definition) is 2. The Balaban J connectivity index is 1.66. The van der Waals surface area contributed by atoms with Gasteiger partial charge in [-0.1, -0.05) is 12.1 Å². The largest absolute Gasteiger partial charge is 0.497 e. The van der Waals surface area contributed by atoms with E-state index >= 15 is 0 Å². The van der Waals surface area contributed by atoms with Gasteiger partial charge in [0, 0.05) is 25.0 Å². The molecule has 0 saturated heterocycles. The molecule has 0 heterocycles. The first kappa shape index (κ1) is 15.8. The highest BCUT2D eigenvalue weighted by Gasteiger charge is 2.29. The van der Waals surface area contributed by atoms with Crippen molar-refractivity contribution in [2.45, 2.75) is 51.1 Å². The topological polar surface area (TPSA) is 50.4 Å². The van der Waals surface area contributed by atoms with Crippen molar-refractivity contribution in [1.29, 1.82) is 0 Å². The second kappa shape index (κ2) is 7.46. The Bertz CT molecular complexity index is 468. The monoisotopic (exact) mass is 290 g/mol. The molecule has 21 heavy (non-hydrogen) atoms. The molecule has 0 spiro atoms. The lowest BCUT2D eigenvalue weighted by molar-refractivity contribution is -0.121. The average molecular weight is 290 g/mol. The first-order valence-electron chi connectivity index (χ1n) is 7.75. The molecule has 0 bridgehead atoms. The molecule has 1 fully saturated rings. The van der Waals surface area contributed by atoms with Crippen molar-refractivity contribution >= 4 is 5.91 Å². The standard InChI is InChI=1S/C17H26N2O2/c1-12(2)19-17(20)7-8-18-15-9-14(10-15)13-5-4-6-16(11-13)21-3/h4-6,11-12,14-15,18H,7-10H2,1-3H3,(H,19,20). The van der Waals surface area contributed by atoms with Gasteiger partial charge in [0.05, 0.1) is 7.11 Å². The van der Waals surface area contributed by atoms with Crippen LogP contribution >= 0.6 is 0 Å². The predicted molar refractivity (Wildman–Crippen MR) is 84.7 cm³/mol. The summed E-state index contributed by atoms with van der Waals surface area (Å²) in [5.41, 5.74) is 1.35. The van der Waals surface area contributed by atoms with Gasteiger partial charge < -0.3 is 15.4 Å². The van der Waals surface area contributed by atoms with E-state index in [1.54, 1.807) is 7.11 Å². The summed E-state index contributed by atoms with van der Waals surface area (Å²) in [5.74, 6) is 1.66. The summed E-state index contributed by atoms with van der Waals surface area (Å²) in [6.45, 7) is 4.72. The fraction of sp³-hybridized carbons (Fsp3) is 0.588. The number of carbonyl (C=O) groups is 1. The van der Waals surface area contributed by atoms with Gasteiger partial charge in [-0.2, -0.15) is 0 Å². The Morgan fingerprint density at radius 1 is 1.38 bits per heavy atom. The molecular weight excluding hydrogens is 264 g/mol. The summed E-state index contributed by atoms with van der Waals surface area (Å²) < 4.78 is 5.26. The molecule has 1 aromatic carbocycles. The van der Waals surface area contributed by atoms with E-state index < -0.39 is 0 Å². The number of nitrogens with one attached hydrogen (secondary N) is 2. The molecule has 1 amide bonds. The molecule has 4 heteroatoms. The molecule has 2 rings (SSSR count). The number of benzene rings is 1. The Hall–Kier alpha value is -1.55. The first-order chi connectivity index (χ1) is 10.1. The van der Waals surface area contributed by atoms with Gasteiger partial charge in [-0.15, -0.1) is 0 Å². The number of carbonyl (C=O) groups excluding carboxylic acids is 1. The van der Waals surface area contributed by atoms with Gasteiger partial charge >= 0.3 is 0 Å². The van der Waals surface area contributed by atoms with E-state index in [1.807, 2.05) is 26.0 Å². The second-order valence-corrected chi connectivity index (χ2v) is 6.07. The number of amides is 1. The highest BCUT2D eigenvalue weighted by atomic mass is 16.5. The van der Waals surface area contributed by atoms with Gasteiger partial charge in [0.25, 0.3) is 0 Å². The van der Waals surface area contributed by atoms with Crippen molar-refractivity contribution in [3.63, 3.8) is 0 Å². The summed E-state index contributed by atoms with van der Waals surface area (Å²) >= 11 is 0. The van der Waals surface area contributed by atoms with E-state index in [9.17, 15) is 4.79 Å². The van der Waals surface area contributed by atoms with Crippen molar-refractivity contribution in [3.8, 4) is 5.75 Å². The Labute approximate surface area is 127 Å². The fourth-order valence-electron chi connectivity index (χ4n) is 2.74. The lowest BCUT2D eigenvalue weighted by Crippen LogP contribution is -2.42. The maximum absolute atomic E-state index is 11.5. The third-order valence-corrected chi connectivity index (χ3v) is 3.94. The van der Waals surface area contributed by atoms with Gasteiger partial charge in [0.15, 0.2) is 0 Å². The summed E-state index contributed by atoms with van der Waals surface area (Å²) in [6.07, 6.45) is 2.83. The molecule has 0 unspecified atom stereocenters. The van der Waals surface area contributed by atoms with Crippen LogP contribution in [0.2, 0.25) is 0 Å². The molecule has 0 radical (unpaired) electrons. The molecule has 116 valence electrons. The third kappa shape index (κ3) is 4.74. The summed E-state index contributed by atoms with van der Waals surface area (Å²) in [4.78, 5) is 11.5.